The molecule has 2 aromatic carbocycles. The maximum absolute atomic E-state index is 12.8. The van der Waals surface area contributed by atoms with E-state index in [1.807, 2.05) is 30.5 Å². The zero-order valence-corrected chi connectivity index (χ0v) is 18.2. The number of pyridine rings is 1. The monoisotopic (exact) mass is 425 g/mol. The topological polar surface area (TPSA) is 63.0 Å². The molecule has 5 rings (SSSR count). The lowest BCUT2D eigenvalue weighted by atomic mass is 9.95. The molecule has 2 aromatic heterocycles. The number of rotatable bonds is 5. The molecule has 6 heteroatoms. The third kappa shape index (κ3) is 4.27. The molecule has 1 atom stereocenters. The summed E-state index contributed by atoms with van der Waals surface area (Å²) < 4.78 is 2.15. The Kier molecular flexibility index (Phi) is 5.69. The van der Waals surface area contributed by atoms with Crippen molar-refractivity contribution in [2.75, 3.05) is 19.6 Å². The Hall–Kier alpha value is -3.51. The smallest absolute Gasteiger partial charge is 0.224 e. The number of fused-ring (bicyclic) bond motifs is 1. The second-order valence-corrected chi connectivity index (χ2v) is 8.45. The molecule has 1 saturated heterocycles. The van der Waals surface area contributed by atoms with Crippen LogP contribution in [0, 0.1) is 5.92 Å². The van der Waals surface area contributed by atoms with Crippen LogP contribution in [0.4, 0.5) is 0 Å². The first kappa shape index (κ1) is 20.4. The molecule has 1 aliphatic heterocycles. The Morgan fingerprint density at radius 3 is 2.78 bits per heavy atom. The van der Waals surface area contributed by atoms with Gasteiger partial charge in [0, 0.05) is 39.1 Å². The first-order chi connectivity index (χ1) is 15.7. The number of aryl methyl sites for hydroxylation is 1. The molecule has 0 radical (unpaired) electrons. The molecule has 0 aliphatic carbocycles. The number of hydrogen-bond acceptors (Lipinski definition) is 4. The molecule has 1 amide bonds. The molecule has 32 heavy (non-hydrogen) atoms. The van der Waals surface area contributed by atoms with Gasteiger partial charge in [-0.05, 0) is 41.3 Å². The van der Waals surface area contributed by atoms with Gasteiger partial charge in [0.25, 0.3) is 0 Å². The van der Waals surface area contributed by atoms with E-state index in [-0.39, 0.29) is 11.8 Å². The van der Waals surface area contributed by atoms with Gasteiger partial charge in [0.15, 0.2) is 0 Å². The highest BCUT2D eigenvalue weighted by molar-refractivity contribution is 5.79. The zero-order chi connectivity index (χ0) is 21.9. The number of para-hydroxylation sites is 2. The number of aromatic nitrogens is 3. The van der Waals surface area contributed by atoms with Crippen molar-refractivity contribution in [1.82, 2.24) is 24.8 Å². The molecular weight excluding hydrogens is 398 g/mol. The Bertz CT molecular complexity index is 1230. The number of hydrogen-bond donors (Lipinski definition) is 1. The van der Waals surface area contributed by atoms with Crippen LogP contribution in [0.2, 0.25) is 0 Å². The van der Waals surface area contributed by atoms with Crippen molar-refractivity contribution in [2.24, 2.45) is 13.0 Å². The van der Waals surface area contributed by atoms with Crippen LogP contribution in [0.25, 0.3) is 22.2 Å². The highest BCUT2D eigenvalue weighted by atomic mass is 16.1. The van der Waals surface area contributed by atoms with Crippen LogP contribution in [0.5, 0.6) is 0 Å². The van der Waals surface area contributed by atoms with Gasteiger partial charge in [0.05, 0.1) is 23.5 Å². The molecule has 4 aromatic rings. The predicted molar refractivity (Wildman–Crippen MR) is 126 cm³/mol. The maximum atomic E-state index is 12.8. The summed E-state index contributed by atoms with van der Waals surface area (Å²) in [6.45, 7) is 2.93. The normalized spacial score (nSPS) is 17.3. The van der Waals surface area contributed by atoms with E-state index in [4.69, 9.17) is 4.98 Å². The van der Waals surface area contributed by atoms with Crippen LogP contribution < -0.4 is 5.32 Å². The Morgan fingerprint density at radius 1 is 1.06 bits per heavy atom. The lowest BCUT2D eigenvalue weighted by molar-refractivity contribution is -0.124. The first-order valence-corrected chi connectivity index (χ1v) is 11.1. The minimum absolute atomic E-state index is 0.101. The highest BCUT2D eigenvalue weighted by Gasteiger charge is 2.26. The van der Waals surface area contributed by atoms with Crippen LogP contribution in [-0.2, 0) is 24.8 Å². The van der Waals surface area contributed by atoms with Crippen molar-refractivity contribution in [3.63, 3.8) is 0 Å². The second kappa shape index (κ2) is 8.93. The maximum Gasteiger partial charge on any atom is 0.224 e. The van der Waals surface area contributed by atoms with Crippen LogP contribution >= 0.6 is 0 Å². The van der Waals surface area contributed by atoms with E-state index in [1.54, 1.807) is 6.20 Å². The lowest BCUT2D eigenvalue weighted by Crippen LogP contribution is -2.33. The van der Waals surface area contributed by atoms with Gasteiger partial charge in [-0.3, -0.25) is 14.7 Å². The van der Waals surface area contributed by atoms with Crippen molar-refractivity contribution >= 4 is 16.9 Å². The summed E-state index contributed by atoms with van der Waals surface area (Å²) in [6.07, 6.45) is 4.36. The molecule has 0 spiro atoms. The van der Waals surface area contributed by atoms with Crippen LogP contribution in [-0.4, -0.2) is 45.0 Å². The summed E-state index contributed by atoms with van der Waals surface area (Å²) in [4.78, 5) is 24.2. The summed E-state index contributed by atoms with van der Waals surface area (Å²) in [7, 11) is 2.06. The summed E-state index contributed by atoms with van der Waals surface area (Å²) in [5.74, 6) is 1.05. The van der Waals surface area contributed by atoms with Crippen LogP contribution in [0.1, 0.15) is 11.4 Å². The van der Waals surface area contributed by atoms with Crippen LogP contribution in [0.3, 0.4) is 0 Å². The summed E-state index contributed by atoms with van der Waals surface area (Å²) >= 11 is 0. The molecule has 1 N–H and O–H groups in total. The predicted octanol–water partition coefficient (Wildman–Crippen LogP) is 3.43. The SMILES string of the molecule is Cn1c(CN2CCNC(=O)C(Cc3cccc(-c4cccnc4)c3)C2)nc2ccccc21. The minimum atomic E-state index is -0.101. The van der Waals surface area contributed by atoms with E-state index < -0.39 is 0 Å². The van der Waals surface area contributed by atoms with E-state index in [0.29, 0.717) is 19.5 Å². The average molecular weight is 426 g/mol. The minimum Gasteiger partial charge on any atom is -0.355 e. The largest absolute Gasteiger partial charge is 0.355 e. The molecule has 1 aliphatic rings. The van der Waals surface area contributed by atoms with Gasteiger partial charge in [0.2, 0.25) is 5.91 Å². The third-order valence-electron chi connectivity index (χ3n) is 6.23. The number of amides is 1. The number of benzene rings is 2. The zero-order valence-electron chi connectivity index (χ0n) is 18.2. The fourth-order valence-corrected chi connectivity index (χ4v) is 4.50. The molecule has 1 fully saturated rings. The van der Waals surface area contributed by atoms with E-state index in [9.17, 15) is 4.79 Å². The van der Waals surface area contributed by atoms with Gasteiger partial charge >= 0.3 is 0 Å². The number of carbonyl (C=O) groups is 1. The third-order valence-corrected chi connectivity index (χ3v) is 6.23. The highest BCUT2D eigenvalue weighted by Crippen LogP contribution is 2.22. The molecule has 0 saturated carbocycles. The van der Waals surface area contributed by atoms with Crippen molar-refractivity contribution in [3.8, 4) is 11.1 Å². The summed E-state index contributed by atoms with van der Waals surface area (Å²) in [5.41, 5.74) is 5.52. The second-order valence-electron chi connectivity index (χ2n) is 8.45. The number of nitrogens with zero attached hydrogens (tertiary/aromatic N) is 4. The fraction of sp³-hybridized carbons (Fsp3) is 0.269. The summed E-state index contributed by atoms with van der Waals surface area (Å²) in [6, 6.07) is 20.6. The van der Waals surface area contributed by atoms with E-state index in [0.717, 1.165) is 46.6 Å². The number of carbonyl (C=O) groups excluding carboxylic acids is 1. The number of imidazole rings is 1. The molecule has 6 nitrogen and oxygen atoms in total. The van der Waals surface area contributed by atoms with E-state index in [2.05, 4.69) is 63.2 Å². The lowest BCUT2D eigenvalue weighted by Gasteiger charge is -2.22. The number of nitrogens with one attached hydrogen (secondary N) is 1. The molecule has 1 unspecified atom stereocenters. The average Bonchev–Trinajstić information content (AvgIpc) is 3.03. The van der Waals surface area contributed by atoms with Crippen molar-refractivity contribution in [3.05, 3.63) is 84.4 Å². The Labute approximate surface area is 187 Å². The Morgan fingerprint density at radius 2 is 1.94 bits per heavy atom. The van der Waals surface area contributed by atoms with Gasteiger partial charge in [-0.1, -0.05) is 42.5 Å². The summed E-state index contributed by atoms with van der Waals surface area (Å²) in [5, 5.41) is 3.10. The standard InChI is InChI=1S/C26H27N5O/c1-30-24-10-3-2-9-23(24)29-25(30)18-31-13-12-28-26(32)22(17-31)15-19-6-4-7-20(14-19)21-8-5-11-27-16-21/h2-11,14,16,22H,12-13,15,17-18H2,1H3,(H,28,32). The van der Waals surface area contributed by atoms with E-state index >= 15 is 0 Å². The quantitative estimate of drug-likeness (QED) is 0.532. The molecule has 3 heterocycles. The van der Waals surface area contributed by atoms with Crippen LogP contribution in [0.15, 0.2) is 73.1 Å². The van der Waals surface area contributed by atoms with Crippen molar-refractivity contribution < 1.29 is 4.79 Å². The van der Waals surface area contributed by atoms with Gasteiger partial charge < -0.3 is 9.88 Å². The van der Waals surface area contributed by atoms with Gasteiger partial charge in [-0.2, -0.15) is 0 Å². The van der Waals surface area contributed by atoms with Gasteiger partial charge in [0.1, 0.15) is 5.82 Å². The van der Waals surface area contributed by atoms with Gasteiger partial charge in [-0.25, -0.2) is 4.98 Å². The first-order valence-electron chi connectivity index (χ1n) is 11.1. The van der Waals surface area contributed by atoms with Gasteiger partial charge in [-0.15, -0.1) is 0 Å². The Balaban J connectivity index is 1.34. The fourth-order valence-electron chi connectivity index (χ4n) is 4.50. The molecular formula is C26H27N5O. The van der Waals surface area contributed by atoms with Crippen molar-refractivity contribution in [1.29, 1.82) is 0 Å². The van der Waals surface area contributed by atoms with Crippen molar-refractivity contribution in [2.45, 2.75) is 13.0 Å². The molecule has 162 valence electrons. The molecule has 0 bridgehead atoms. The van der Waals surface area contributed by atoms with E-state index in [1.165, 1.54) is 0 Å².